The summed E-state index contributed by atoms with van der Waals surface area (Å²) < 4.78 is 46.8. The van der Waals surface area contributed by atoms with Crippen LogP contribution in [0.2, 0.25) is 0 Å². The van der Waals surface area contributed by atoms with E-state index in [1.54, 1.807) is 23.5 Å². The molecule has 1 aliphatic heterocycles. The van der Waals surface area contributed by atoms with Crippen LogP contribution in [0, 0.1) is 17.3 Å². The number of carbonyl (C=O) groups is 1. The number of methoxy groups -OCH3 is 1. The summed E-state index contributed by atoms with van der Waals surface area (Å²) in [6.45, 7) is 5.90. The van der Waals surface area contributed by atoms with E-state index < -0.39 is 17.7 Å². The van der Waals surface area contributed by atoms with Crippen molar-refractivity contribution in [3.63, 3.8) is 0 Å². The minimum Gasteiger partial charge on any atom is -0.467 e. The van der Waals surface area contributed by atoms with Gasteiger partial charge in [0.05, 0.1) is 18.7 Å². The summed E-state index contributed by atoms with van der Waals surface area (Å²) in [6, 6.07) is 4.09. The predicted octanol–water partition coefficient (Wildman–Crippen LogP) is 6.26. The third kappa shape index (κ3) is 7.43. The minimum absolute atomic E-state index is 0.0156. The molecule has 1 spiro atoms. The molecule has 1 unspecified atom stereocenters. The molecule has 1 amide bonds. The third-order valence-corrected chi connectivity index (χ3v) is 9.88. The number of alkyl halides is 3. The zero-order chi connectivity index (χ0) is 33.2. The zero-order valence-electron chi connectivity index (χ0n) is 27.2. The lowest BCUT2D eigenvalue weighted by Gasteiger charge is -2.49. The van der Waals surface area contributed by atoms with Gasteiger partial charge in [0.1, 0.15) is 11.4 Å². The van der Waals surface area contributed by atoms with E-state index in [0.29, 0.717) is 31.2 Å². The van der Waals surface area contributed by atoms with Crippen LogP contribution in [0.4, 0.5) is 24.9 Å². The smallest absolute Gasteiger partial charge is 0.421 e. The molecule has 0 aromatic carbocycles. The molecule has 1 saturated heterocycles. The van der Waals surface area contributed by atoms with Gasteiger partial charge in [0, 0.05) is 67.0 Å². The highest BCUT2D eigenvalue weighted by atomic mass is 19.4. The molecule has 2 N–H and O–H groups in total. The summed E-state index contributed by atoms with van der Waals surface area (Å²) in [4.78, 5) is 36.9. The summed E-state index contributed by atoms with van der Waals surface area (Å²) in [6.07, 6.45) is 8.83. The number of rotatable bonds is 10. The molecule has 252 valence electrons. The summed E-state index contributed by atoms with van der Waals surface area (Å²) >= 11 is 0. The quantitative estimate of drug-likeness (QED) is 0.262. The van der Waals surface area contributed by atoms with Crippen molar-refractivity contribution in [2.75, 3.05) is 37.0 Å². The van der Waals surface area contributed by atoms with E-state index in [-0.39, 0.29) is 41.1 Å². The van der Waals surface area contributed by atoms with E-state index in [9.17, 15) is 18.0 Å². The molecule has 3 aliphatic rings. The summed E-state index contributed by atoms with van der Waals surface area (Å²) in [5.74, 6) is 0.0652. The Morgan fingerprint density at radius 1 is 0.979 bits per heavy atom. The Hall–Kier alpha value is -4.03. The van der Waals surface area contributed by atoms with Crippen LogP contribution in [-0.2, 0) is 11.0 Å². The van der Waals surface area contributed by atoms with Gasteiger partial charge >= 0.3 is 12.2 Å². The highest BCUT2D eigenvalue weighted by Gasteiger charge is 2.48. The largest absolute Gasteiger partial charge is 0.467 e. The van der Waals surface area contributed by atoms with Gasteiger partial charge in [-0.15, -0.1) is 0 Å². The van der Waals surface area contributed by atoms with Crippen molar-refractivity contribution in [2.45, 2.75) is 83.4 Å². The standard InChI is InChI=1S/C34H43F3N8O2/c1-21(2)14-39-30(46)28(27-11-8-23(15-38-27)24-16-41-32(47-3)42-17-24)22-6-9-25(10-7-22)43-31-40-18-26(34(35,36)37)29(44-31)45-19-33(20-45)12-4-5-13-33/h8,11,15-18,21-22,25,28H,4-7,9-10,12-14,19-20H2,1-3H3,(H,39,46)(H,40,43,44). The molecule has 2 saturated carbocycles. The monoisotopic (exact) mass is 652 g/mol. The summed E-state index contributed by atoms with van der Waals surface area (Å²) in [7, 11) is 1.51. The maximum atomic E-state index is 13.9. The van der Waals surface area contributed by atoms with E-state index in [1.807, 2.05) is 12.1 Å². The fourth-order valence-corrected chi connectivity index (χ4v) is 7.35. The number of hydrogen-bond donors (Lipinski definition) is 2. The van der Waals surface area contributed by atoms with Crippen molar-refractivity contribution in [3.8, 4) is 17.1 Å². The van der Waals surface area contributed by atoms with E-state index >= 15 is 0 Å². The lowest BCUT2D eigenvalue weighted by Crippen LogP contribution is -2.55. The normalized spacial score (nSPS) is 21.4. The second-order valence-electron chi connectivity index (χ2n) is 13.8. The molecular formula is C34H43F3N8O2. The van der Waals surface area contributed by atoms with Crippen molar-refractivity contribution < 1.29 is 22.7 Å². The number of halogens is 3. The van der Waals surface area contributed by atoms with Crippen LogP contribution >= 0.6 is 0 Å². The number of anilines is 2. The first-order valence-electron chi connectivity index (χ1n) is 16.6. The van der Waals surface area contributed by atoms with Gasteiger partial charge in [-0.3, -0.25) is 9.78 Å². The van der Waals surface area contributed by atoms with Crippen molar-refractivity contribution >= 4 is 17.7 Å². The molecule has 6 rings (SSSR count). The van der Waals surface area contributed by atoms with Gasteiger partial charge in [0.25, 0.3) is 0 Å². The number of nitrogens with zero attached hydrogens (tertiary/aromatic N) is 6. The predicted molar refractivity (Wildman–Crippen MR) is 172 cm³/mol. The Balaban J connectivity index is 1.14. The molecule has 1 atom stereocenters. The Labute approximate surface area is 273 Å². The van der Waals surface area contributed by atoms with Crippen LogP contribution in [0.1, 0.15) is 82.4 Å². The van der Waals surface area contributed by atoms with Gasteiger partial charge in [-0.1, -0.05) is 32.8 Å². The van der Waals surface area contributed by atoms with Crippen molar-refractivity contribution in [2.24, 2.45) is 17.3 Å². The minimum atomic E-state index is -4.52. The van der Waals surface area contributed by atoms with E-state index in [1.165, 1.54) is 7.11 Å². The Morgan fingerprint density at radius 2 is 1.66 bits per heavy atom. The number of nitrogens with one attached hydrogen (secondary N) is 2. The van der Waals surface area contributed by atoms with Gasteiger partial charge in [-0.25, -0.2) is 15.0 Å². The number of carbonyl (C=O) groups excluding carboxylic acids is 1. The fourth-order valence-electron chi connectivity index (χ4n) is 7.35. The molecule has 47 heavy (non-hydrogen) atoms. The maximum Gasteiger partial charge on any atom is 0.421 e. The molecule has 0 radical (unpaired) electrons. The molecule has 13 heteroatoms. The van der Waals surface area contributed by atoms with Gasteiger partial charge in [-0.05, 0) is 56.4 Å². The molecule has 4 heterocycles. The van der Waals surface area contributed by atoms with Gasteiger partial charge < -0.3 is 20.3 Å². The molecule has 3 aromatic rings. The molecule has 0 bridgehead atoms. The van der Waals surface area contributed by atoms with Crippen LogP contribution in [0.25, 0.3) is 11.1 Å². The molecular weight excluding hydrogens is 609 g/mol. The van der Waals surface area contributed by atoms with E-state index in [0.717, 1.165) is 68.7 Å². The molecule has 2 aliphatic carbocycles. The Morgan fingerprint density at radius 3 is 2.26 bits per heavy atom. The average Bonchev–Trinajstić information content (AvgIpc) is 3.55. The van der Waals surface area contributed by atoms with Crippen molar-refractivity contribution in [1.29, 1.82) is 0 Å². The fraction of sp³-hybridized carbons (Fsp3) is 0.588. The second kappa shape index (κ2) is 13.6. The van der Waals surface area contributed by atoms with Crippen molar-refractivity contribution in [3.05, 3.63) is 48.2 Å². The van der Waals surface area contributed by atoms with Gasteiger partial charge in [-0.2, -0.15) is 18.2 Å². The van der Waals surface area contributed by atoms with Crippen molar-refractivity contribution in [1.82, 2.24) is 30.2 Å². The zero-order valence-corrected chi connectivity index (χ0v) is 27.2. The topological polar surface area (TPSA) is 118 Å². The highest BCUT2D eigenvalue weighted by molar-refractivity contribution is 5.83. The van der Waals surface area contributed by atoms with Crippen LogP contribution in [0.3, 0.4) is 0 Å². The molecule has 10 nitrogen and oxygen atoms in total. The lowest BCUT2D eigenvalue weighted by molar-refractivity contribution is -0.137. The number of hydrogen-bond acceptors (Lipinski definition) is 9. The number of ether oxygens (including phenoxy) is 1. The first-order chi connectivity index (χ1) is 22.5. The number of aromatic nitrogens is 5. The van der Waals surface area contributed by atoms with E-state index in [2.05, 4.69) is 44.4 Å². The Kier molecular flexibility index (Phi) is 9.52. The average molecular weight is 653 g/mol. The van der Waals surface area contributed by atoms with Crippen LogP contribution in [0.15, 0.2) is 36.9 Å². The highest BCUT2D eigenvalue weighted by Crippen LogP contribution is 2.48. The third-order valence-electron chi connectivity index (χ3n) is 9.88. The number of pyridine rings is 1. The first kappa shape index (κ1) is 32.9. The van der Waals surface area contributed by atoms with Crippen LogP contribution in [0.5, 0.6) is 6.01 Å². The van der Waals surface area contributed by atoms with Gasteiger partial charge in [0.15, 0.2) is 0 Å². The second-order valence-corrected chi connectivity index (χ2v) is 13.8. The maximum absolute atomic E-state index is 13.9. The Bertz CT molecular complexity index is 1510. The molecule has 3 fully saturated rings. The summed E-state index contributed by atoms with van der Waals surface area (Å²) in [5.41, 5.74) is 1.67. The van der Waals surface area contributed by atoms with Crippen LogP contribution in [-0.4, -0.2) is 63.6 Å². The lowest BCUT2D eigenvalue weighted by atomic mass is 9.76. The van der Waals surface area contributed by atoms with Gasteiger partial charge in [0.2, 0.25) is 11.9 Å². The summed E-state index contributed by atoms with van der Waals surface area (Å²) in [5, 5.41) is 6.42. The van der Waals surface area contributed by atoms with Crippen LogP contribution < -0.4 is 20.3 Å². The SMILES string of the molecule is COc1ncc(-c2ccc(C(C(=O)NCC(C)C)C3CCC(Nc4ncc(C(F)(F)F)c(N5CC6(CCCC6)C5)n4)CC3)nc2)cn1. The first-order valence-corrected chi connectivity index (χ1v) is 16.6. The molecule has 3 aromatic heterocycles. The number of amides is 1. The van der Waals surface area contributed by atoms with E-state index in [4.69, 9.17) is 9.72 Å².